The number of hydrogen-bond donors (Lipinski definition) is 4. The molecule has 3 rings (SSSR count). The molecule has 0 bridgehead atoms. The fraction of sp³-hybridized carbons (Fsp3) is 0.0667. The van der Waals surface area contributed by atoms with Gasteiger partial charge >= 0.3 is 18.1 Å². The fourth-order valence-corrected chi connectivity index (χ4v) is 2.63. The molecule has 134 valence electrons. The highest BCUT2D eigenvalue weighted by Crippen LogP contribution is 2.35. The van der Waals surface area contributed by atoms with Gasteiger partial charge in [-0.25, -0.2) is 9.59 Å². The van der Waals surface area contributed by atoms with Crippen LogP contribution in [0, 0.1) is 0 Å². The number of aromatic amines is 2. The molecule has 4 N–H and O–H groups in total. The van der Waals surface area contributed by atoms with Crippen LogP contribution in [-0.2, 0) is 6.18 Å². The van der Waals surface area contributed by atoms with Crippen molar-refractivity contribution < 1.29 is 33.0 Å². The summed E-state index contributed by atoms with van der Waals surface area (Å²) in [5.74, 6) is -3.24. The van der Waals surface area contributed by atoms with Crippen LogP contribution in [0.2, 0.25) is 0 Å². The Bertz CT molecular complexity index is 1220. The van der Waals surface area contributed by atoms with Crippen molar-refractivity contribution in [3.05, 3.63) is 55.6 Å². The van der Waals surface area contributed by atoms with Crippen molar-refractivity contribution in [2.45, 2.75) is 6.18 Å². The Morgan fingerprint density at radius 2 is 1.35 bits per heavy atom. The fourth-order valence-electron chi connectivity index (χ4n) is 2.63. The van der Waals surface area contributed by atoms with E-state index >= 15 is 0 Å². The zero-order valence-corrected chi connectivity index (χ0v) is 12.4. The highest BCUT2D eigenvalue weighted by atomic mass is 19.4. The van der Waals surface area contributed by atoms with Crippen LogP contribution in [0.1, 0.15) is 26.5 Å². The second-order valence-electron chi connectivity index (χ2n) is 5.30. The first-order valence-corrected chi connectivity index (χ1v) is 6.81. The maximum absolute atomic E-state index is 13.4. The van der Waals surface area contributed by atoms with Crippen molar-refractivity contribution in [3.63, 3.8) is 0 Å². The van der Waals surface area contributed by atoms with Gasteiger partial charge in [-0.3, -0.25) is 9.59 Å². The summed E-state index contributed by atoms with van der Waals surface area (Å²) in [6.07, 6.45) is -5.01. The zero-order valence-electron chi connectivity index (χ0n) is 12.4. The summed E-state index contributed by atoms with van der Waals surface area (Å²) >= 11 is 0. The van der Waals surface area contributed by atoms with E-state index in [0.717, 1.165) is 0 Å². The summed E-state index contributed by atoms with van der Waals surface area (Å²) in [6, 6.07) is 1.63. The molecule has 2 heterocycles. The van der Waals surface area contributed by atoms with E-state index in [2.05, 4.69) is 4.98 Å². The minimum atomic E-state index is -5.01. The Balaban J connectivity index is 2.66. The Labute approximate surface area is 139 Å². The summed E-state index contributed by atoms with van der Waals surface area (Å²) in [7, 11) is 0. The van der Waals surface area contributed by atoms with E-state index in [1.807, 2.05) is 4.98 Å². The van der Waals surface area contributed by atoms with Gasteiger partial charge in [0.05, 0.1) is 27.4 Å². The van der Waals surface area contributed by atoms with Crippen molar-refractivity contribution in [3.8, 4) is 0 Å². The van der Waals surface area contributed by atoms with Gasteiger partial charge < -0.3 is 20.2 Å². The van der Waals surface area contributed by atoms with Gasteiger partial charge in [-0.1, -0.05) is 0 Å². The molecule has 0 atom stereocenters. The number of benzene rings is 1. The second kappa shape index (κ2) is 5.44. The van der Waals surface area contributed by atoms with Crippen molar-refractivity contribution in [2.24, 2.45) is 0 Å². The lowest BCUT2D eigenvalue weighted by Gasteiger charge is -2.13. The quantitative estimate of drug-likeness (QED) is 0.508. The molecule has 26 heavy (non-hydrogen) atoms. The molecular weight excluding hydrogens is 361 g/mol. The van der Waals surface area contributed by atoms with Gasteiger partial charge in [0.15, 0.2) is 10.9 Å². The van der Waals surface area contributed by atoms with Crippen LogP contribution in [-0.4, -0.2) is 32.1 Å². The SMILES string of the molecule is O=C(O)c1cc(=O)c2c(cc(C(F)(F)F)c3[nH]c(C(=O)O)cc(=O)c32)[nH]1. The van der Waals surface area contributed by atoms with Gasteiger partial charge in [0.2, 0.25) is 0 Å². The van der Waals surface area contributed by atoms with Crippen LogP contribution < -0.4 is 10.9 Å². The standard InChI is InChI=1S/C15H7F3N2O6/c16-15(17,18)4-1-5-10(8(21)2-6(19-5)13(23)24)11-9(22)3-7(14(25)26)20-12(4)11/h1-3H,(H,19,21)(H,20,22)(H,23,24)(H,25,26). The van der Waals surface area contributed by atoms with E-state index in [-0.39, 0.29) is 0 Å². The number of aromatic nitrogens is 2. The lowest BCUT2D eigenvalue weighted by Crippen LogP contribution is -2.18. The summed E-state index contributed by atoms with van der Waals surface area (Å²) in [6.45, 7) is 0. The van der Waals surface area contributed by atoms with E-state index < -0.39 is 67.7 Å². The van der Waals surface area contributed by atoms with Gasteiger partial charge in [0.1, 0.15) is 11.4 Å². The predicted molar refractivity (Wildman–Crippen MR) is 81.6 cm³/mol. The molecule has 1 aromatic carbocycles. The first-order valence-electron chi connectivity index (χ1n) is 6.81. The molecule has 0 aliphatic carbocycles. The second-order valence-corrected chi connectivity index (χ2v) is 5.30. The number of pyridine rings is 2. The Morgan fingerprint density at radius 1 is 0.846 bits per heavy atom. The predicted octanol–water partition coefficient (Wildman–Crippen LogP) is 1.78. The molecule has 3 aromatic rings. The molecule has 0 spiro atoms. The average Bonchev–Trinajstić information content (AvgIpc) is 2.52. The maximum atomic E-state index is 13.4. The molecule has 0 aliphatic heterocycles. The number of alkyl halides is 3. The third-order valence-corrected chi connectivity index (χ3v) is 3.67. The van der Waals surface area contributed by atoms with Crippen LogP contribution in [0.15, 0.2) is 27.8 Å². The number of halogens is 3. The summed E-state index contributed by atoms with van der Waals surface area (Å²) < 4.78 is 40.2. The van der Waals surface area contributed by atoms with Gasteiger partial charge in [-0.2, -0.15) is 13.2 Å². The smallest absolute Gasteiger partial charge is 0.418 e. The first kappa shape index (κ1) is 17.2. The van der Waals surface area contributed by atoms with E-state index in [4.69, 9.17) is 10.2 Å². The first-order chi connectivity index (χ1) is 12.0. The molecule has 0 saturated heterocycles. The normalized spacial score (nSPS) is 11.8. The van der Waals surface area contributed by atoms with Gasteiger partial charge in [0.25, 0.3) is 0 Å². The van der Waals surface area contributed by atoms with Gasteiger partial charge in [-0.05, 0) is 6.07 Å². The largest absolute Gasteiger partial charge is 0.477 e. The lowest BCUT2D eigenvalue weighted by atomic mass is 10.0. The van der Waals surface area contributed by atoms with E-state index in [1.165, 1.54) is 0 Å². The number of carboxylic acid groups (broad SMARTS) is 2. The maximum Gasteiger partial charge on any atom is 0.418 e. The van der Waals surface area contributed by atoms with E-state index in [9.17, 15) is 32.3 Å². The number of aromatic carboxylic acids is 2. The van der Waals surface area contributed by atoms with Gasteiger partial charge in [-0.15, -0.1) is 0 Å². The van der Waals surface area contributed by atoms with Crippen LogP contribution >= 0.6 is 0 Å². The molecule has 0 aliphatic rings. The Morgan fingerprint density at radius 3 is 1.85 bits per heavy atom. The number of nitrogens with one attached hydrogen (secondary N) is 2. The topological polar surface area (TPSA) is 140 Å². The summed E-state index contributed by atoms with van der Waals surface area (Å²) in [4.78, 5) is 50.7. The molecule has 0 saturated carbocycles. The van der Waals surface area contributed by atoms with Crippen LogP contribution in [0.25, 0.3) is 21.8 Å². The van der Waals surface area contributed by atoms with Crippen molar-refractivity contribution in [2.75, 3.05) is 0 Å². The summed E-state index contributed by atoms with van der Waals surface area (Å²) in [5.41, 5.74) is -6.37. The minimum absolute atomic E-state index is 0.451. The molecule has 0 unspecified atom stereocenters. The number of carbonyl (C=O) groups is 2. The van der Waals surface area contributed by atoms with Gasteiger partial charge in [0, 0.05) is 12.1 Å². The minimum Gasteiger partial charge on any atom is -0.477 e. The number of carboxylic acids is 2. The van der Waals surface area contributed by atoms with E-state index in [1.54, 1.807) is 0 Å². The van der Waals surface area contributed by atoms with Crippen molar-refractivity contribution >= 4 is 33.7 Å². The molecular formula is C15H7F3N2O6. The third kappa shape index (κ3) is 2.59. The molecule has 0 radical (unpaired) electrons. The number of rotatable bonds is 2. The highest BCUT2D eigenvalue weighted by molar-refractivity contribution is 6.08. The Kier molecular flexibility index (Phi) is 3.60. The van der Waals surface area contributed by atoms with Crippen molar-refractivity contribution in [1.82, 2.24) is 9.97 Å². The average molecular weight is 368 g/mol. The summed E-state index contributed by atoms with van der Waals surface area (Å²) in [5, 5.41) is 16.7. The molecule has 0 amide bonds. The zero-order chi connectivity index (χ0) is 19.4. The molecule has 0 fully saturated rings. The monoisotopic (exact) mass is 368 g/mol. The van der Waals surface area contributed by atoms with Crippen molar-refractivity contribution in [1.29, 1.82) is 0 Å². The number of H-pyrrole nitrogens is 2. The number of hydrogen-bond acceptors (Lipinski definition) is 4. The molecule has 8 nitrogen and oxygen atoms in total. The molecule has 2 aromatic heterocycles. The number of fused-ring (bicyclic) bond motifs is 3. The van der Waals surface area contributed by atoms with Crippen LogP contribution in [0.5, 0.6) is 0 Å². The highest BCUT2D eigenvalue weighted by Gasteiger charge is 2.35. The van der Waals surface area contributed by atoms with E-state index in [0.29, 0.717) is 18.2 Å². The van der Waals surface area contributed by atoms with Crippen LogP contribution in [0.3, 0.4) is 0 Å². The lowest BCUT2D eigenvalue weighted by molar-refractivity contribution is -0.136. The van der Waals surface area contributed by atoms with Crippen LogP contribution in [0.4, 0.5) is 13.2 Å². The third-order valence-electron chi connectivity index (χ3n) is 3.67. The Hall–Kier alpha value is -3.63. The molecule has 11 heteroatoms.